The number of rotatable bonds is 10. The molecule has 0 radical (unpaired) electrons. The Balaban J connectivity index is 4.46. The third kappa shape index (κ3) is 7.11. The zero-order valence-electron chi connectivity index (χ0n) is 13.3. The molecule has 0 saturated heterocycles. The Morgan fingerprint density at radius 2 is 1.47 bits per heavy atom. The molecule has 0 bridgehead atoms. The molecule has 0 aromatic carbocycles. The maximum atomic E-state index is 2.50. The van der Waals surface area contributed by atoms with Gasteiger partial charge in [0.25, 0.3) is 0 Å². The third-order valence-corrected chi connectivity index (χ3v) is 4.25. The maximum Gasteiger partial charge on any atom is -0.0360 e. The summed E-state index contributed by atoms with van der Waals surface area (Å²) in [6.45, 7) is 14.3. The summed E-state index contributed by atoms with van der Waals surface area (Å²) in [7, 11) is 0. The molecule has 0 nitrogen and oxygen atoms in total. The lowest BCUT2D eigenvalue weighted by Crippen LogP contribution is -2.23. The lowest BCUT2D eigenvalue weighted by atomic mass is 9.73. The van der Waals surface area contributed by atoms with Crippen LogP contribution in [0.25, 0.3) is 0 Å². The van der Waals surface area contributed by atoms with Gasteiger partial charge in [-0.2, -0.15) is 0 Å². The molecule has 0 aromatic rings. The van der Waals surface area contributed by atoms with E-state index in [2.05, 4.69) is 41.5 Å². The van der Waals surface area contributed by atoms with Crippen LogP contribution in [0.5, 0.6) is 0 Å². The van der Waals surface area contributed by atoms with Crippen LogP contribution < -0.4 is 0 Å². The van der Waals surface area contributed by atoms with E-state index in [1.54, 1.807) is 0 Å². The highest BCUT2D eigenvalue weighted by Crippen LogP contribution is 2.35. The summed E-state index contributed by atoms with van der Waals surface area (Å²) in [5, 5.41) is 0. The second-order valence-corrected chi connectivity index (χ2v) is 6.37. The van der Waals surface area contributed by atoms with Gasteiger partial charge in [0.1, 0.15) is 0 Å². The highest BCUT2D eigenvalue weighted by atomic mass is 14.3. The van der Waals surface area contributed by atoms with Crippen LogP contribution in [0.2, 0.25) is 0 Å². The first-order chi connectivity index (χ1) is 8.06. The van der Waals surface area contributed by atoms with Crippen LogP contribution in [0, 0.1) is 23.7 Å². The fraction of sp³-hybridized carbons (Fsp3) is 1.00. The van der Waals surface area contributed by atoms with Crippen molar-refractivity contribution in [3.05, 3.63) is 0 Å². The minimum absolute atomic E-state index is 0.855. The molecule has 3 atom stereocenters. The van der Waals surface area contributed by atoms with Crippen LogP contribution in [0.1, 0.15) is 86.5 Å². The van der Waals surface area contributed by atoms with Crippen molar-refractivity contribution in [3.63, 3.8) is 0 Å². The molecule has 0 aromatic heterocycles. The Labute approximate surface area is 111 Å². The molecule has 0 amide bonds. The molecule has 3 unspecified atom stereocenters. The molecule has 0 N–H and O–H groups in total. The highest BCUT2D eigenvalue weighted by Gasteiger charge is 2.24. The molecular formula is C17H36. The zero-order chi connectivity index (χ0) is 13.3. The third-order valence-electron chi connectivity index (χ3n) is 4.25. The monoisotopic (exact) mass is 240 g/mol. The van der Waals surface area contributed by atoms with Crippen LogP contribution in [0.15, 0.2) is 0 Å². The topological polar surface area (TPSA) is 0 Å². The predicted molar refractivity (Wildman–Crippen MR) is 80.3 cm³/mol. The fourth-order valence-corrected chi connectivity index (χ4v) is 3.43. The van der Waals surface area contributed by atoms with Crippen LogP contribution in [0.4, 0.5) is 0 Å². The summed E-state index contributed by atoms with van der Waals surface area (Å²) in [6, 6.07) is 0. The minimum atomic E-state index is 0.855. The standard InChI is InChI=1S/C17H36/c1-7-10-12-17(15(6)13-14(4)5)16(9-3)11-8-2/h14-17H,7-13H2,1-6H3. The number of hydrogen-bond acceptors (Lipinski definition) is 0. The molecule has 0 fully saturated rings. The lowest BCUT2D eigenvalue weighted by Gasteiger charge is -2.32. The molecule has 0 rings (SSSR count). The quantitative estimate of drug-likeness (QED) is 0.420. The van der Waals surface area contributed by atoms with Gasteiger partial charge >= 0.3 is 0 Å². The largest absolute Gasteiger partial charge is 0.0654 e. The van der Waals surface area contributed by atoms with Crippen LogP contribution in [-0.2, 0) is 0 Å². The van der Waals surface area contributed by atoms with Gasteiger partial charge < -0.3 is 0 Å². The van der Waals surface area contributed by atoms with Crippen molar-refractivity contribution in [1.82, 2.24) is 0 Å². The van der Waals surface area contributed by atoms with E-state index in [0.29, 0.717) is 0 Å². The van der Waals surface area contributed by atoms with Gasteiger partial charge in [0, 0.05) is 0 Å². The molecule has 0 spiro atoms. The summed E-state index contributed by atoms with van der Waals surface area (Å²) < 4.78 is 0. The van der Waals surface area contributed by atoms with Crippen molar-refractivity contribution in [1.29, 1.82) is 0 Å². The second kappa shape index (κ2) is 9.97. The van der Waals surface area contributed by atoms with Crippen LogP contribution in [0.3, 0.4) is 0 Å². The van der Waals surface area contributed by atoms with Gasteiger partial charge in [0.2, 0.25) is 0 Å². The number of unbranched alkanes of at least 4 members (excludes halogenated alkanes) is 1. The van der Waals surface area contributed by atoms with Crippen molar-refractivity contribution < 1.29 is 0 Å². The summed E-state index contributed by atoms with van der Waals surface area (Å²) in [6.07, 6.45) is 9.83. The highest BCUT2D eigenvalue weighted by molar-refractivity contribution is 4.75. The molecular weight excluding hydrogens is 204 g/mol. The van der Waals surface area contributed by atoms with Gasteiger partial charge in [-0.15, -0.1) is 0 Å². The molecule has 0 aliphatic carbocycles. The SMILES string of the molecule is CCCCC(C(C)CC(C)C)C(CC)CCC. The van der Waals surface area contributed by atoms with Gasteiger partial charge in [0.05, 0.1) is 0 Å². The van der Waals surface area contributed by atoms with Crippen molar-refractivity contribution >= 4 is 0 Å². The van der Waals surface area contributed by atoms with Gasteiger partial charge in [0.15, 0.2) is 0 Å². The molecule has 0 saturated carbocycles. The first-order valence-corrected chi connectivity index (χ1v) is 8.06. The Morgan fingerprint density at radius 3 is 1.88 bits per heavy atom. The Hall–Kier alpha value is 0. The molecule has 0 heterocycles. The van der Waals surface area contributed by atoms with Gasteiger partial charge in [-0.05, 0) is 36.5 Å². The lowest BCUT2D eigenvalue weighted by molar-refractivity contribution is 0.180. The Kier molecular flexibility index (Phi) is 9.97. The maximum absolute atomic E-state index is 2.50. The molecule has 0 aliphatic rings. The predicted octanol–water partition coefficient (Wildman–Crippen LogP) is 6.30. The summed E-state index contributed by atoms with van der Waals surface area (Å²) in [5.74, 6) is 3.72. The van der Waals surface area contributed by atoms with E-state index in [0.717, 1.165) is 23.7 Å². The van der Waals surface area contributed by atoms with E-state index in [-0.39, 0.29) is 0 Å². The first kappa shape index (κ1) is 17.0. The Bertz CT molecular complexity index is 159. The van der Waals surface area contributed by atoms with Gasteiger partial charge in [-0.3, -0.25) is 0 Å². The zero-order valence-corrected chi connectivity index (χ0v) is 13.3. The molecule has 0 aliphatic heterocycles. The summed E-state index contributed by atoms with van der Waals surface area (Å²) in [4.78, 5) is 0. The first-order valence-electron chi connectivity index (χ1n) is 8.06. The normalized spacial score (nSPS) is 17.1. The van der Waals surface area contributed by atoms with E-state index < -0.39 is 0 Å². The van der Waals surface area contributed by atoms with Gasteiger partial charge in [-0.25, -0.2) is 0 Å². The van der Waals surface area contributed by atoms with Crippen LogP contribution in [-0.4, -0.2) is 0 Å². The van der Waals surface area contributed by atoms with Crippen molar-refractivity contribution in [2.45, 2.75) is 86.5 Å². The minimum Gasteiger partial charge on any atom is -0.0654 e. The van der Waals surface area contributed by atoms with Crippen LogP contribution >= 0.6 is 0 Å². The van der Waals surface area contributed by atoms with Gasteiger partial charge in [-0.1, -0.05) is 73.6 Å². The van der Waals surface area contributed by atoms with E-state index in [1.165, 1.54) is 44.9 Å². The van der Waals surface area contributed by atoms with E-state index in [1.807, 2.05) is 0 Å². The van der Waals surface area contributed by atoms with E-state index in [9.17, 15) is 0 Å². The second-order valence-electron chi connectivity index (χ2n) is 6.37. The molecule has 0 heteroatoms. The molecule has 104 valence electrons. The van der Waals surface area contributed by atoms with Crippen molar-refractivity contribution in [2.75, 3.05) is 0 Å². The smallest absolute Gasteiger partial charge is 0.0360 e. The van der Waals surface area contributed by atoms with E-state index >= 15 is 0 Å². The molecule has 17 heavy (non-hydrogen) atoms. The Morgan fingerprint density at radius 1 is 0.824 bits per heavy atom. The van der Waals surface area contributed by atoms with Crippen molar-refractivity contribution in [2.24, 2.45) is 23.7 Å². The summed E-state index contributed by atoms with van der Waals surface area (Å²) >= 11 is 0. The average Bonchev–Trinajstić information content (AvgIpc) is 2.27. The van der Waals surface area contributed by atoms with E-state index in [4.69, 9.17) is 0 Å². The number of hydrogen-bond donors (Lipinski definition) is 0. The fourth-order valence-electron chi connectivity index (χ4n) is 3.43. The van der Waals surface area contributed by atoms with Crippen molar-refractivity contribution in [3.8, 4) is 0 Å². The summed E-state index contributed by atoms with van der Waals surface area (Å²) in [5.41, 5.74) is 0. The average molecular weight is 240 g/mol.